The fourth-order valence-corrected chi connectivity index (χ4v) is 2.31. The second-order valence-corrected chi connectivity index (χ2v) is 4.73. The highest BCUT2D eigenvalue weighted by Gasteiger charge is 2.49. The van der Waals surface area contributed by atoms with Crippen LogP contribution in [0.2, 0.25) is 0 Å². The Morgan fingerprint density at radius 2 is 2.42 bits per heavy atom. The third-order valence-electron chi connectivity index (χ3n) is 3.29. The van der Waals surface area contributed by atoms with Crippen LogP contribution in [0.5, 0.6) is 0 Å². The van der Waals surface area contributed by atoms with Gasteiger partial charge >= 0.3 is 5.97 Å². The van der Waals surface area contributed by atoms with Gasteiger partial charge in [0.1, 0.15) is 0 Å². The van der Waals surface area contributed by atoms with Crippen molar-refractivity contribution in [1.29, 1.82) is 0 Å². The molecule has 1 aromatic rings. The smallest absolute Gasteiger partial charge is 0.322 e. The number of carbonyl (C=O) groups excluding carboxylic acids is 2. The maximum atomic E-state index is 12.2. The Morgan fingerprint density at radius 1 is 1.63 bits per heavy atom. The van der Waals surface area contributed by atoms with Gasteiger partial charge in [-0.1, -0.05) is 0 Å². The lowest BCUT2D eigenvalue weighted by Crippen LogP contribution is -2.49. The fraction of sp³-hybridized carbons (Fsp3) is 0.615. The molecule has 1 aromatic heterocycles. The van der Waals surface area contributed by atoms with Crippen LogP contribution in [0.15, 0.2) is 12.4 Å². The van der Waals surface area contributed by atoms with Crippen molar-refractivity contribution < 1.29 is 19.1 Å². The number of hydrogen-bond donors (Lipinski definition) is 0. The molecule has 0 aliphatic carbocycles. The molecular formula is C13H18N2O4. The lowest BCUT2D eigenvalue weighted by Gasteiger charge is -2.32. The summed E-state index contributed by atoms with van der Waals surface area (Å²) in [5, 5.41) is 4.06. The van der Waals surface area contributed by atoms with Gasteiger partial charge in [0, 0.05) is 26.1 Å². The first-order valence-corrected chi connectivity index (χ1v) is 6.34. The van der Waals surface area contributed by atoms with Crippen LogP contribution < -0.4 is 0 Å². The second-order valence-electron chi connectivity index (χ2n) is 4.73. The predicted octanol–water partition coefficient (Wildman–Crippen LogP) is 0.501. The maximum absolute atomic E-state index is 12.2. The molecule has 0 amide bonds. The summed E-state index contributed by atoms with van der Waals surface area (Å²) >= 11 is 0. The quantitative estimate of drug-likeness (QED) is 0.586. The molecule has 1 fully saturated rings. The van der Waals surface area contributed by atoms with Crippen molar-refractivity contribution in [3.63, 3.8) is 0 Å². The SMILES string of the molecule is CCOC(=O)C1(Cc2cnn(C)c2)COCCC1=O. The maximum Gasteiger partial charge on any atom is 0.322 e. The lowest BCUT2D eigenvalue weighted by molar-refractivity contribution is -0.169. The molecule has 0 N–H and O–H groups in total. The molecule has 1 unspecified atom stereocenters. The number of esters is 1. The monoisotopic (exact) mass is 266 g/mol. The van der Waals surface area contributed by atoms with Crippen molar-refractivity contribution in [2.24, 2.45) is 12.5 Å². The van der Waals surface area contributed by atoms with Gasteiger partial charge in [-0.05, 0) is 12.5 Å². The first-order valence-electron chi connectivity index (χ1n) is 6.34. The number of carbonyl (C=O) groups is 2. The molecule has 0 aromatic carbocycles. The van der Waals surface area contributed by atoms with E-state index in [1.54, 1.807) is 31.0 Å². The van der Waals surface area contributed by atoms with Gasteiger partial charge in [-0.15, -0.1) is 0 Å². The molecule has 1 aliphatic rings. The van der Waals surface area contributed by atoms with Gasteiger partial charge in [0.25, 0.3) is 0 Å². The molecule has 1 saturated heterocycles. The van der Waals surface area contributed by atoms with E-state index in [1.807, 2.05) is 0 Å². The zero-order valence-electron chi connectivity index (χ0n) is 11.2. The molecule has 104 valence electrons. The Kier molecular flexibility index (Phi) is 3.99. The van der Waals surface area contributed by atoms with Gasteiger partial charge in [0.05, 0.1) is 26.0 Å². The summed E-state index contributed by atoms with van der Waals surface area (Å²) in [7, 11) is 1.79. The van der Waals surface area contributed by atoms with E-state index < -0.39 is 11.4 Å². The standard InChI is InChI=1S/C13H18N2O4/c1-3-19-12(17)13(9-18-5-4-11(13)16)6-10-7-14-15(2)8-10/h7-8H,3-6,9H2,1-2H3. The van der Waals surface area contributed by atoms with E-state index in [0.717, 1.165) is 5.56 Å². The van der Waals surface area contributed by atoms with E-state index in [-0.39, 0.29) is 31.8 Å². The van der Waals surface area contributed by atoms with E-state index in [9.17, 15) is 9.59 Å². The van der Waals surface area contributed by atoms with Crippen molar-refractivity contribution in [1.82, 2.24) is 9.78 Å². The third-order valence-corrected chi connectivity index (χ3v) is 3.29. The van der Waals surface area contributed by atoms with Crippen molar-refractivity contribution >= 4 is 11.8 Å². The van der Waals surface area contributed by atoms with Gasteiger partial charge in [-0.2, -0.15) is 5.10 Å². The molecular weight excluding hydrogens is 248 g/mol. The Balaban J connectivity index is 2.27. The third kappa shape index (κ3) is 2.68. The predicted molar refractivity (Wildman–Crippen MR) is 66.4 cm³/mol. The second kappa shape index (κ2) is 5.52. The number of ether oxygens (including phenoxy) is 2. The van der Waals surface area contributed by atoms with Crippen LogP contribution in [-0.2, 0) is 32.5 Å². The zero-order valence-corrected chi connectivity index (χ0v) is 11.2. The van der Waals surface area contributed by atoms with Crippen LogP contribution in [0, 0.1) is 5.41 Å². The summed E-state index contributed by atoms with van der Waals surface area (Å²) in [6, 6.07) is 0. The largest absolute Gasteiger partial charge is 0.465 e. The Morgan fingerprint density at radius 3 is 3.00 bits per heavy atom. The molecule has 1 atom stereocenters. The van der Waals surface area contributed by atoms with E-state index in [1.165, 1.54) is 0 Å². The molecule has 1 aliphatic heterocycles. The van der Waals surface area contributed by atoms with Crippen LogP contribution in [0.1, 0.15) is 18.9 Å². The van der Waals surface area contributed by atoms with Crippen LogP contribution in [-0.4, -0.2) is 41.4 Å². The number of hydrogen-bond acceptors (Lipinski definition) is 5. The van der Waals surface area contributed by atoms with Gasteiger partial charge in [-0.3, -0.25) is 14.3 Å². The Hall–Kier alpha value is -1.69. The van der Waals surface area contributed by atoms with Crippen molar-refractivity contribution in [2.45, 2.75) is 19.8 Å². The van der Waals surface area contributed by atoms with Crippen LogP contribution >= 0.6 is 0 Å². The van der Waals surface area contributed by atoms with E-state index >= 15 is 0 Å². The van der Waals surface area contributed by atoms with Crippen LogP contribution in [0.4, 0.5) is 0 Å². The highest BCUT2D eigenvalue weighted by Crippen LogP contribution is 2.31. The molecule has 0 saturated carbocycles. The fourth-order valence-electron chi connectivity index (χ4n) is 2.31. The van der Waals surface area contributed by atoms with Crippen molar-refractivity contribution in [2.75, 3.05) is 19.8 Å². The summed E-state index contributed by atoms with van der Waals surface area (Å²) in [6.45, 7) is 2.43. The number of aryl methyl sites for hydroxylation is 1. The van der Waals surface area contributed by atoms with Gasteiger partial charge < -0.3 is 9.47 Å². The topological polar surface area (TPSA) is 70.4 Å². The molecule has 6 heteroatoms. The highest BCUT2D eigenvalue weighted by atomic mass is 16.5. The number of aromatic nitrogens is 2. The number of nitrogens with zero attached hydrogens (tertiary/aromatic N) is 2. The molecule has 0 bridgehead atoms. The average Bonchev–Trinajstić information content (AvgIpc) is 2.78. The number of rotatable bonds is 4. The summed E-state index contributed by atoms with van der Waals surface area (Å²) in [5.74, 6) is -0.607. The molecule has 0 radical (unpaired) electrons. The average molecular weight is 266 g/mol. The van der Waals surface area contributed by atoms with Gasteiger partial charge in [0.15, 0.2) is 11.2 Å². The minimum absolute atomic E-state index is 0.0829. The van der Waals surface area contributed by atoms with Gasteiger partial charge in [0.2, 0.25) is 0 Å². The van der Waals surface area contributed by atoms with E-state index in [4.69, 9.17) is 9.47 Å². The zero-order chi connectivity index (χ0) is 13.9. The summed E-state index contributed by atoms with van der Waals surface area (Å²) in [5.41, 5.74) is -0.383. The van der Waals surface area contributed by atoms with Crippen molar-refractivity contribution in [3.8, 4) is 0 Å². The molecule has 2 rings (SSSR count). The summed E-state index contributed by atoms with van der Waals surface area (Å²) in [6.07, 6.45) is 3.98. The highest BCUT2D eigenvalue weighted by molar-refractivity contribution is 6.04. The first-order chi connectivity index (χ1) is 9.08. The first kappa shape index (κ1) is 13.7. The van der Waals surface area contributed by atoms with Crippen molar-refractivity contribution in [3.05, 3.63) is 18.0 Å². The van der Waals surface area contributed by atoms with E-state index in [2.05, 4.69) is 5.10 Å². The number of ketones is 1. The molecule has 19 heavy (non-hydrogen) atoms. The Labute approximate surface area is 111 Å². The minimum Gasteiger partial charge on any atom is -0.465 e. The van der Waals surface area contributed by atoms with Crippen LogP contribution in [0.25, 0.3) is 0 Å². The summed E-state index contributed by atoms with van der Waals surface area (Å²) in [4.78, 5) is 24.4. The molecule has 6 nitrogen and oxygen atoms in total. The lowest BCUT2D eigenvalue weighted by atomic mass is 9.76. The molecule has 0 spiro atoms. The normalized spacial score (nSPS) is 23.4. The number of Topliss-reactive ketones (excluding diaryl/α,β-unsaturated/α-hetero) is 1. The minimum atomic E-state index is -1.21. The van der Waals surface area contributed by atoms with E-state index in [0.29, 0.717) is 6.61 Å². The van der Waals surface area contributed by atoms with Gasteiger partial charge in [-0.25, -0.2) is 0 Å². The van der Waals surface area contributed by atoms with Crippen LogP contribution in [0.3, 0.4) is 0 Å². The summed E-state index contributed by atoms with van der Waals surface area (Å²) < 4.78 is 12.1. The molecule has 2 heterocycles. The Bertz CT molecular complexity index is 483.